The summed E-state index contributed by atoms with van der Waals surface area (Å²) in [5, 5.41) is 5.72. The molecule has 0 saturated heterocycles. The standard InChI is InChI=1S/C11H17N3OS/c1-11(2)5-8(11)14-10(15)7-6-16-9(13-7)3-4-12/h6,8H,3-5,12H2,1-2H3,(H,14,15). The average Bonchev–Trinajstić information content (AvgIpc) is 2.66. The van der Waals surface area contributed by atoms with Gasteiger partial charge < -0.3 is 11.1 Å². The molecule has 0 aliphatic heterocycles. The van der Waals surface area contributed by atoms with Gasteiger partial charge in [-0.3, -0.25) is 4.79 Å². The van der Waals surface area contributed by atoms with Crippen LogP contribution in [0.2, 0.25) is 0 Å². The van der Waals surface area contributed by atoms with Crippen LogP contribution in [0.1, 0.15) is 35.8 Å². The minimum atomic E-state index is -0.0601. The van der Waals surface area contributed by atoms with E-state index in [1.807, 2.05) is 0 Å². The Kier molecular flexibility index (Phi) is 2.99. The van der Waals surface area contributed by atoms with Crippen LogP contribution in [0.25, 0.3) is 0 Å². The molecule has 1 fully saturated rings. The van der Waals surface area contributed by atoms with Crippen molar-refractivity contribution in [2.45, 2.75) is 32.7 Å². The van der Waals surface area contributed by atoms with Crippen LogP contribution in [-0.4, -0.2) is 23.5 Å². The molecule has 1 amide bonds. The number of hydrogen-bond donors (Lipinski definition) is 2. The smallest absolute Gasteiger partial charge is 0.270 e. The fourth-order valence-corrected chi connectivity index (χ4v) is 2.39. The third-order valence-corrected chi connectivity index (χ3v) is 3.87. The molecule has 3 N–H and O–H groups in total. The summed E-state index contributed by atoms with van der Waals surface area (Å²) in [5.41, 5.74) is 6.22. The van der Waals surface area contributed by atoms with E-state index in [2.05, 4.69) is 24.1 Å². The molecule has 1 unspecified atom stereocenters. The molecule has 5 heteroatoms. The first kappa shape index (κ1) is 11.5. The Morgan fingerprint density at radius 3 is 3.00 bits per heavy atom. The van der Waals surface area contributed by atoms with Gasteiger partial charge in [0.15, 0.2) is 0 Å². The predicted octanol–water partition coefficient (Wildman–Crippen LogP) is 1.17. The molecule has 1 aromatic rings. The molecule has 1 aromatic heterocycles. The first-order chi connectivity index (χ1) is 7.53. The molecule has 0 radical (unpaired) electrons. The molecule has 2 rings (SSSR count). The molecule has 1 aliphatic carbocycles. The van der Waals surface area contributed by atoms with Crippen LogP contribution in [0.4, 0.5) is 0 Å². The summed E-state index contributed by atoms with van der Waals surface area (Å²) in [5.74, 6) is -0.0601. The number of carbonyl (C=O) groups is 1. The number of amides is 1. The van der Waals surface area contributed by atoms with Gasteiger partial charge in [0, 0.05) is 17.8 Å². The van der Waals surface area contributed by atoms with Gasteiger partial charge in [-0.1, -0.05) is 13.8 Å². The summed E-state index contributed by atoms with van der Waals surface area (Å²) >= 11 is 1.50. The molecule has 1 atom stereocenters. The molecule has 88 valence electrons. The van der Waals surface area contributed by atoms with Crippen molar-refractivity contribution >= 4 is 17.2 Å². The number of carbonyl (C=O) groups excluding carboxylic acids is 1. The van der Waals surface area contributed by atoms with Gasteiger partial charge in [0.05, 0.1) is 5.01 Å². The van der Waals surface area contributed by atoms with Gasteiger partial charge in [0.1, 0.15) is 5.69 Å². The zero-order valence-electron chi connectivity index (χ0n) is 9.62. The second-order valence-electron chi connectivity index (χ2n) is 4.88. The zero-order valence-corrected chi connectivity index (χ0v) is 10.4. The van der Waals surface area contributed by atoms with Crippen molar-refractivity contribution in [1.82, 2.24) is 10.3 Å². The van der Waals surface area contributed by atoms with Gasteiger partial charge in [0.2, 0.25) is 0 Å². The van der Waals surface area contributed by atoms with Gasteiger partial charge in [-0.25, -0.2) is 4.98 Å². The van der Waals surface area contributed by atoms with Crippen molar-refractivity contribution < 1.29 is 4.79 Å². The molecule has 0 spiro atoms. The van der Waals surface area contributed by atoms with E-state index in [9.17, 15) is 4.79 Å². The Hall–Kier alpha value is -0.940. The van der Waals surface area contributed by atoms with Gasteiger partial charge in [-0.2, -0.15) is 0 Å². The molecular formula is C11H17N3OS. The van der Waals surface area contributed by atoms with Crippen LogP contribution < -0.4 is 11.1 Å². The molecule has 0 bridgehead atoms. The second kappa shape index (κ2) is 4.14. The van der Waals surface area contributed by atoms with Gasteiger partial charge in [-0.05, 0) is 18.4 Å². The second-order valence-corrected chi connectivity index (χ2v) is 5.83. The van der Waals surface area contributed by atoms with Crippen LogP contribution in [0.3, 0.4) is 0 Å². The van der Waals surface area contributed by atoms with Crippen molar-refractivity contribution in [1.29, 1.82) is 0 Å². The number of thiazole rings is 1. The summed E-state index contributed by atoms with van der Waals surface area (Å²) in [6, 6.07) is 0.305. The van der Waals surface area contributed by atoms with Gasteiger partial charge in [0.25, 0.3) is 5.91 Å². The summed E-state index contributed by atoms with van der Waals surface area (Å²) in [7, 11) is 0. The quantitative estimate of drug-likeness (QED) is 0.829. The Bertz CT molecular complexity index is 400. The summed E-state index contributed by atoms with van der Waals surface area (Å²) in [6.07, 6.45) is 1.80. The minimum absolute atomic E-state index is 0.0601. The van der Waals surface area contributed by atoms with E-state index in [0.29, 0.717) is 18.3 Å². The number of hydrogen-bond acceptors (Lipinski definition) is 4. The maximum atomic E-state index is 11.8. The third kappa shape index (κ3) is 2.41. The van der Waals surface area contributed by atoms with Crippen molar-refractivity contribution in [3.05, 3.63) is 16.1 Å². The summed E-state index contributed by atoms with van der Waals surface area (Å²) in [4.78, 5) is 16.1. The highest BCUT2D eigenvalue weighted by Crippen LogP contribution is 2.44. The first-order valence-electron chi connectivity index (χ1n) is 5.48. The minimum Gasteiger partial charge on any atom is -0.347 e. The third-order valence-electron chi connectivity index (χ3n) is 2.96. The predicted molar refractivity (Wildman–Crippen MR) is 64.5 cm³/mol. The fourth-order valence-electron chi connectivity index (χ4n) is 1.60. The van der Waals surface area contributed by atoms with E-state index < -0.39 is 0 Å². The number of nitrogens with one attached hydrogen (secondary N) is 1. The number of rotatable bonds is 4. The lowest BCUT2D eigenvalue weighted by molar-refractivity contribution is 0.0942. The highest BCUT2D eigenvalue weighted by Gasteiger charge is 2.46. The largest absolute Gasteiger partial charge is 0.347 e. The number of nitrogens with two attached hydrogens (primary N) is 1. The number of nitrogens with zero attached hydrogens (tertiary/aromatic N) is 1. The molecule has 1 saturated carbocycles. The molecule has 1 aliphatic rings. The highest BCUT2D eigenvalue weighted by molar-refractivity contribution is 7.09. The Balaban J connectivity index is 1.93. The monoisotopic (exact) mass is 239 g/mol. The van der Waals surface area contributed by atoms with Crippen molar-refractivity contribution in [2.75, 3.05) is 6.54 Å². The summed E-state index contributed by atoms with van der Waals surface area (Å²) in [6.45, 7) is 4.88. The lowest BCUT2D eigenvalue weighted by atomic mass is 10.2. The van der Waals surface area contributed by atoms with E-state index in [1.165, 1.54) is 11.3 Å². The average molecular weight is 239 g/mol. The van der Waals surface area contributed by atoms with Gasteiger partial charge >= 0.3 is 0 Å². The first-order valence-corrected chi connectivity index (χ1v) is 6.36. The van der Waals surface area contributed by atoms with Crippen LogP contribution in [-0.2, 0) is 6.42 Å². The van der Waals surface area contributed by atoms with E-state index >= 15 is 0 Å². The maximum absolute atomic E-state index is 11.8. The topological polar surface area (TPSA) is 68.0 Å². The molecule has 4 nitrogen and oxygen atoms in total. The van der Waals surface area contributed by atoms with E-state index in [0.717, 1.165) is 17.8 Å². The Morgan fingerprint density at radius 2 is 2.44 bits per heavy atom. The van der Waals surface area contributed by atoms with Crippen LogP contribution in [0.15, 0.2) is 5.38 Å². The molecule has 0 aromatic carbocycles. The Morgan fingerprint density at radius 1 is 1.75 bits per heavy atom. The van der Waals surface area contributed by atoms with Crippen molar-refractivity contribution in [3.63, 3.8) is 0 Å². The van der Waals surface area contributed by atoms with E-state index in [-0.39, 0.29) is 11.3 Å². The normalized spacial score (nSPS) is 21.8. The lowest BCUT2D eigenvalue weighted by Gasteiger charge is -2.04. The SMILES string of the molecule is CC1(C)CC1NC(=O)c1csc(CCN)n1. The molecular weight excluding hydrogens is 222 g/mol. The van der Waals surface area contributed by atoms with Crippen molar-refractivity contribution in [3.8, 4) is 0 Å². The zero-order chi connectivity index (χ0) is 11.8. The Labute approximate surface area is 99.3 Å². The molecule has 1 heterocycles. The number of aromatic nitrogens is 1. The van der Waals surface area contributed by atoms with Gasteiger partial charge in [-0.15, -0.1) is 11.3 Å². The van der Waals surface area contributed by atoms with Crippen LogP contribution >= 0.6 is 11.3 Å². The molecule has 16 heavy (non-hydrogen) atoms. The van der Waals surface area contributed by atoms with Crippen molar-refractivity contribution in [2.24, 2.45) is 11.1 Å². The van der Waals surface area contributed by atoms with E-state index in [1.54, 1.807) is 5.38 Å². The van der Waals surface area contributed by atoms with Crippen LogP contribution in [0.5, 0.6) is 0 Å². The fraction of sp³-hybridized carbons (Fsp3) is 0.636. The maximum Gasteiger partial charge on any atom is 0.270 e. The lowest BCUT2D eigenvalue weighted by Crippen LogP contribution is -2.28. The van der Waals surface area contributed by atoms with E-state index in [4.69, 9.17) is 5.73 Å². The van der Waals surface area contributed by atoms with Crippen LogP contribution in [0, 0.1) is 5.41 Å². The summed E-state index contributed by atoms with van der Waals surface area (Å²) < 4.78 is 0. The highest BCUT2D eigenvalue weighted by atomic mass is 32.1.